The second kappa shape index (κ2) is 15.1. The predicted molar refractivity (Wildman–Crippen MR) is 131 cm³/mol. The zero-order chi connectivity index (χ0) is 20.9. The number of aliphatic imine (C=N–C) groups is 1. The third kappa shape index (κ3) is 9.86. The lowest BCUT2D eigenvalue weighted by molar-refractivity contribution is 0.0453. The third-order valence-corrected chi connectivity index (χ3v) is 4.51. The summed E-state index contributed by atoms with van der Waals surface area (Å²) in [6.45, 7) is 7.80. The fourth-order valence-electron chi connectivity index (χ4n) is 2.94. The predicted octanol–water partition coefficient (Wildman–Crippen LogP) is 4.21. The lowest BCUT2D eigenvalue weighted by atomic mass is 10.1. The number of hydrogen-bond donors (Lipinski definition) is 2. The van der Waals surface area contributed by atoms with Gasteiger partial charge in [0, 0.05) is 26.7 Å². The first-order valence-electron chi connectivity index (χ1n) is 10.0. The van der Waals surface area contributed by atoms with Crippen molar-refractivity contribution in [2.75, 3.05) is 33.4 Å². The highest BCUT2D eigenvalue weighted by atomic mass is 127. The molecule has 0 amide bonds. The van der Waals surface area contributed by atoms with Gasteiger partial charge in [-0.05, 0) is 54.7 Å². The van der Waals surface area contributed by atoms with E-state index in [0.29, 0.717) is 33.0 Å². The molecule has 2 rings (SSSR count). The van der Waals surface area contributed by atoms with Crippen LogP contribution in [0.4, 0.5) is 4.39 Å². The first-order valence-corrected chi connectivity index (χ1v) is 10.0. The molecule has 0 atom stereocenters. The maximum absolute atomic E-state index is 13.2. The molecule has 5 nitrogen and oxygen atoms in total. The second-order valence-electron chi connectivity index (χ2n) is 6.74. The quantitative estimate of drug-likeness (QED) is 0.198. The van der Waals surface area contributed by atoms with Gasteiger partial charge in [-0.2, -0.15) is 0 Å². The van der Waals surface area contributed by atoms with E-state index in [-0.39, 0.29) is 29.8 Å². The maximum Gasteiger partial charge on any atom is 0.191 e. The molecule has 166 valence electrons. The number of aryl methyl sites for hydroxylation is 1. The summed E-state index contributed by atoms with van der Waals surface area (Å²) in [5, 5.41) is 6.63. The molecule has 0 saturated heterocycles. The molecule has 0 aliphatic heterocycles. The average molecular weight is 529 g/mol. The van der Waals surface area contributed by atoms with E-state index in [1.807, 2.05) is 26.0 Å². The van der Waals surface area contributed by atoms with Gasteiger partial charge in [0.2, 0.25) is 0 Å². The Hall–Kier alpha value is -1.71. The first-order chi connectivity index (χ1) is 14.1. The van der Waals surface area contributed by atoms with Crippen molar-refractivity contribution in [2.45, 2.75) is 33.4 Å². The summed E-state index contributed by atoms with van der Waals surface area (Å²) in [6, 6.07) is 13.2. The Labute approximate surface area is 196 Å². The Bertz CT molecular complexity index is 787. The molecule has 0 aliphatic rings. The highest BCUT2D eigenvalue weighted by Crippen LogP contribution is 2.10. The molecular weight excluding hydrogens is 496 g/mol. The molecular formula is C23H33FIN3O2. The Morgan fingerprint density at radius 3 is 2.53 bits per heavy atom. The third-order valence-electron chi connectivity index (χ3n) is 4.51. The van der Waals surface area contributed by atoms with Gasteiger partial charge in [-0.15, -0.1) is 24.0 Å². The summed E-state index contributed by atoms with van der Waals surface area (Å²) in [6.07, 6.45) is 0.807. The summed E-state index contributed by atoms with van der Waals surface area (Å²) in [7, 11) is 1.75. The molecule has 7 heteroatoms. The van der Waals surface area contributed by atoms with Crippen LogP contribution in [0.15, 0.2) is 47.5 Å². The Balaban J connectivity index is 0.00000450. The van der Waals surface area contributed by atoms with E-state index in [0.717, 1.165) is 41.2 Å². The largest absolute Gasteiger partial charge is 0.379 e. The van der Waals surface area contributed by atoms with Crippen molar-refractivity contribution in [3.8, 4) is 0 Å². The number of nitrogens with zero attached hydrogens (tertiary/aromatic N) is 1. The number of benzene rings is 2. The van der Waals surface area contributed by atoms with Crippen molar-refractivity contribution in [2.24, 2.45) is 4.99 Å². The normalized spacial score (nSPS) is 11.1. The fraction of sp³-hybridized carbons (Fsp3) is 0.435. The van der Waals surface area contributed by atoms with Crippen molar-refractivity contribution in [1.29, 1.82) is 0 Å². The van der Waals surface area contributed by atoms with E-state index >= 15 is 0 Å². The van der Waals surface area contributed by atoms with Crippen LogP contribution in [0.1, 0.15) is 29.2 Å². The van der Waals surface area contributed by atoms with Gasteiger partial charge in [0.05, 0.1) is 19.8 Å². The molecule has 2 aromatic carbocycles. The van der Waals surface area contributed by atoms with Crippen LogP contribution in [0, 0.1) is 12.7 Å². The lowest BCUT2D eigenvalue weighted by Gasteiger charge is -2.13. The van der Waals surface area contributed by atoms with Gasteiger partial charge < -0.3 is 20.1 Å². The number of guanidine groups is 1. The molecule has 0 spiro atoms. The summed E-state index contributed by atoms with van der Waals surface area (Å²) < 4.78 is 24.1. The molecule has 0 saturated carbocycles. The second-order valence-corrected chi connectivity index (χ2v) is 6.74. The van der Waals surface area contributed by atoms with Gasteiger partial charge in [0.15, 0.2) is 5.96 Å². The van der Waals surface area contributed by atoms with Crippen LogP contribution in [0.5, 0.6) is 0 Å². The van der Waals surface area contributed by atoms with Crippen molar-refractivity contribution in [3.05, 3.63) is 70.5 Å². The Kier molecular flexibility index (Phi) is 13.3. The zero-order valence-electron chi connectivity index (χ0n) is 18.0. The molecule has 0 heterocycles. The molecule has 0 aromatic heterocycles. The lowest BCUT2D eigenvalue weighted by Crippen LogP contribution is -2.37. The SMILES string of the molecule is CCOCCOCc1cccc(CNC(=NC)NCCc2ccc(F)cc2C)c1.I. The highest BCUT2D eigenvalue weighted by Gasteiger charge is 2.03. The maximum atomic E-state index is 13.2. The van der Waals surface area contributed by atoms with Crippen LogP contribution in [0.25, 0.3) is 0 Å². The van der Waals surface area contributed by atoms with Crippen LogP contribution < -0.4 is 10.6 Å². The number of hydrogen-bond acceptors (Lipinski definition) is 3. The number of rotatable bonds is 11. The van der Waals surface area contributed by atoms with Crippen LogP contribution in [0.3, 0.4) is 0 Å². The van der Waals surface area contributed by atoms with E-state index < -0.39 is 0 Å². The zero-order valence-corrected chi connectivity index (χ0v) is 20.4. The molecule has 0 bridgehead atoms. The van der Waals surface area contributed by atoms with Crippen LogP contribution in [0.2, 0.25) is 0 Å². The van der Waals surface area contributed by atoms with Crippen molar-refractivity contribution >= 4 is 29.9 Å². The van der Waals surface area contributed by atoms with E-state index in [1.54, 1.807) is 13.1 Å². The average Bonchev–Trinajstić information content (AvgIpc) is 2.72. The summed E-state index contributed by atoms with van der Waals surface area (Å²) >= 11 is 0. The fourth-order valence-corrected chi connectivity index (χ4v) is 2.94. The Morgan fingerprint density at radius 1 is 1.03 bits per heavy atom. The minimum Gasteiger partial charge on any atom is -0.379 e. The molecule has 0 aliphatic carbocycles. The van der Waals surface area contributed by atoms with Crippen LogP contribution >= 0.6 is 24.0 Å². The van der Waals surface area contributed by atoms with Crippen molar-refractivity contribution in [3.63, 3.8) is 0 Å². The van der Waals surface area contributed by atoms with Gasteiger partial charge in [0.1, 0.15) is 5.82 Å². The molecule has 30 heavy (non-hydrogen) atoms. The van der Waals surface area contributed by atoms with Crippen LogP contribution in [-0.4, -0.2) is 39.4 Å². The van der Waals surface area contributed by atoms with E-state index in [2.05, 4.69) is 33.8 Å². The molecule has 0 fully saturated rings. The van der Waals surface area contributed by atoms with Gasteiger partial charge in [-0.25, -0.2) is 4.39 Å². The topological polar surface area (TPSA) is 54.9 Å². The van der Waals surface area contributed by atoms with Crippen LogP contribution in [-0.2, 0) is 29.0 Å². The number of nitrogens with one attached hydrogen (secondary N) is 2. The summed E-state index contributed by atoms with van der Waals surface area (Å²) in [5.74, 6) is 0.543. The van der Waals surface area contributed by atoms with Gasteiger partial charge in [-0.3, -0.25) is 4.99 Å². The van der Waals surface area contributed by atoms with Gasteiger partial charge >= 0.3 is 0 Å². The summed E-state index contributed by atoms with van der Waals surface area (Å²) in [5.41, 5.74) is 4.39. The van der Waals surface area contributed by atoms with E-state index in [1.165, 1.54) is 6.07 Å². The first kappa shape index (κ1) is 26.3. The number of ether oxygens (including phenoxy) is 2. The minimum absolute atomic E-state index is 0. The smallest absolute Gasteiger partial charge is 0.191 e. The minimum atomic E-state index is -0.196. The van der Waals surface area contributed by atoms with E-state index in [4.69, 9.17) is 9.47 Å². The molecule has 0 radical (unpaired) electrons. The Morgan fingerprint density at radius 2 is 1.80 bits per heavy atom. The van der Waals surface area contributed by atoms with Crippen molar-refractivity contribution in [1.82, 2.24) is 10.6 Å². The van der Waals surface area contributed by atoms with Crippen molar-refractivity contribution < 1.29 is 13.9 Å². The summed E-state index contributed by atoms with van der Waals surface area (Å²) in [4.78, 5) is 4.27. The van der Waals surface area contributed by atoms with Gasteiger partial charge in [-0.1, -0.05) is 30.3 Å². The standard InChI is InChI=1S/C23H32FN3O2.HI/c1-4-28-12-13-29-17-20-7-5-6-19(15-20)16-27-23(25-3)26-11-10-21-8-9-22(24)14-18(21)2;/h5-9,14-15H,4,10-13,16-17H2,1-3H3,(H2,25,26,27);1H. The molecule has 2 aromatic rings. The molecule has 2 N–H and O–H groups in total. The molecule has 0 unspecified atom stereocenters. The number of halogens is 2. The monoisotopic (exact) mass is 529 g/mol. The highest BCUT2D eigenvalue weighted by molar-refractivity contribution is 14.0. The van der Waals surface area contributed by atoms with E-state index in [9.17, 15) is 4.39 Å². The van der Waals surface area contributed by atoms with Gasteiger partial charge in [0.25, 0.3) is 0 Å².